The van der Waals surface area contributed by atoms with E-state index in [9.17, 15) is 4.79 Å². The van der Waals surface area contributed by atoms with Crippen molar-refractivity contribution in [1.29, 1.82) is 0 Å². The molecular formula is C22H23NO2. The van der Waals surface area contributed by atoms with Crippen molar-refractivity contribution < 1.29 is 9.53 Å². The molecule has 0 spiro atoms. The summed E-state index contributed by atoms with van der Waals surface area (Å²) in [5.41, 5.74) is 2.04. The topological polar surface area (TPSA) is 38.3 Å². The normalized spacial score (nSPS) is 11.9. The van der Waals surface area contributed by atoms with Crippen molar-refractivity contribution in [2.75, 3.05) is 5.32 Å². The fourth-order valence-electron chi connectivity index (χ4n) is 2.77. The summed E-state index contributed by atoms with van der Waals surface area (Å²) in [6, 6.07) is 21.9. The van der Waals surface area contributed by atoms with Crippen LogP contribution in [0.15, 0.2) is 66.7 Å². The number of nitrogens with one attached hydrogen (secondary N) is 1. The average molecular weight is 333 g/mol. The Morgan fingerprint density at radius 2 is 1.68 bits per heavy atom. The number of benzene rings is 3. The van der Waals surface area contributed by atoms with Gasteiger partial charge in [0.05, 0.1) is 0 Å². The maximum absolute atomic E-state index is 12.5. The van der Waals surface area contributed by atoms with E-state index in [-0.39, 0.29) is 5.91 Å². The van der Waals surface area contributed by atoms with Crippen LogP contribution in [0.25, 0.3) is 10.8 Å². The highest BCUT2D eigenvalue weighted by molar-refractivity contribution is 5.94. The predicted molar refractivity (Wildman–Crippen MR) is 103 cm³/mol. The molecule has 0 aliphatic heterocycles. The van der Waals surface area contributed by atoms with Crippen LogP contribution < -0.4 is 10.1 Å². The van der Waals surface area contributed by atoms with Crippen LogP contribution in [-0.2, 0) is 11.2 Å². The highest BCUT2D eigenvalue weighted by Crippen LogP contribution is 2.22. The van der Waals surface area contributed by atoms with E-state index in [1.54, 1.807) is 0 Å². The van der Waals surface area contributed by atoms with Gasteiger partial charge < -0.3 is 10.1 Å². The van der Waals surface area contributed by atoms with Crippen LogP contribution >= 0.6 is 0 Å². The Hall–Kier alpha value is -2.81. The van der Waals surface area contributed by atoms with Crippen LogP contribution in [0.5, 0.6) is 5.75 Å². The summed E-state index contributed by atoms with van der Waals surface area (Å²) < 4.78 is 5.94. The molecule has 3 nitrogen and oxygen atoms in total. The van der Waals surface area contributed by atoms with Crippen LogP contribution in [0, 0.1) is 0 Å². The average Bonchev–Trinajstić information content (AvgIpc) is 2.66. The molecule has 0 fully saturated rings. The zero-order valence-electron chi connectivity index (χ0n) is 14.7. The molecule has 1 N–H and O–H groups in total. The quantitative estimate of drug-likeness (QED) is 0.673. The molecule has 3 rings (SSSR count). The van der Waals surface area contributed by atoms with Crippen molar-refractivity contribution in [3.05, 3.63) is 72.3 Å². The van der Waals surface area contributed by atoms with E-state index < -0.39 is 6.10 Å². The monoisotopic (exact) mass is 333 g/mol. The summed E-state index contributed by atoms with van der Waals surface area (Å²) >= 11 is 0. The number of rotatable bonds is 6. The summed E-state index contributed by atoms with van der Waals surface area (Å²) in [7, 11) is 0. The Morgan fingerprint density at radius 3 is 2.36 bits per heavy atom. The molecule has 1 atom stereocenters. The molecule has 0 aliphatic rings. The van der Waals surface area contributed by atoms with Gasteiger partial charge in [0.25, 0.3) is 5.91 Å². The molecule has 3 aromatic rings. The van der Waals surface area contributed by atoms with Gasteiger partial charge in [-0.15, -0.1) is 0 Å². The third-order valence-corrected chi connectivity index (χ3v) is 4.29. The lowest BCUT2D eigenvalue weighted by Gasteiger charge is -2.18. The SMILES string of the molecule is CCc1ccc(NC(=O)C(CC)Oc2ccc3ccccc3c2)cc1. The number of carbonyl (C=O) groups excluding carboxylic acids is 1. The molecule has 128 valence electrons. The minimum absolute atomic E-state index is 0.125. The number of carbonyl (C=O) groups is 1. The minimum Gasteiger partial charge on any atom is -0.481 e. The van der Waals surface area contributed by atoms with Crippen LogP contribution in [-0.4, -0.2) is 12.0 Å². The number of hydrogen-bond donors (Lipinski definition) is 1. The highest BCUT2D eigenvalue weighted by Gasteiger charge is 2.18. The third kappa shape index (κ3) is 4.18. The Balaban J connectivity index is 1.70. The third-order valence-electron chi connectivity index (χ3n) is 4.29. The van der Waals surface area contributed by atoms with Gasteiger partial charge in [-0.1, -0.05) is 56.3 Å². The molecule has 0 aromatic heterocycles. The Bertz CT molecular complexity index is 855. The molecule has 0 bridgehead atoms. The molecule has 0 saturated heterocycles. The molecule has 3 aromatic carbocycles. The number of aryl methyl sites for hydroxylation is 1. The predicted octanol–water partition coefficient (Wildman–Crippen LogP) is 5.20. The van der Waals surface area contributed by atoms with Crippen molar-refractivity contribution in [2.24, 2.45) is 0 Å². The van der Waals surface area contributed by atoms with Crippen LogP contribution in [0.3, 0.4) is 0 Å². The number of amides is 1. The summed E-state index contributed by atoms with van der Waals surface area (Å²) in [5, 5.41) is 5.20. The van der Waals surface area contributed by atoms with Gasteiger partial charge in [0.2, 0.25) is 0 Å². The largest absolute Gasteiger partial charge is 0.481 e. The Kier molecular flexibility index (Phi) is 5.34. The molecule has 0 saturated carbocycles. The molecule has 0 aliphatic carbocycles. The smallest absolute Gasteiger partial charge is 0.265 e. The second-order valence-corrected chi connectivity index (χ2v) is 6.06. The van der Waals surface area contributed by atoms with Gasteiger partial charge in [-0.3, -0.25) is 4.79 Å². The standard InChI is InChI=1S/C22H23NO2/c1-3-16-9-12-19(13-10-16)23-22(24)21(4-2)25-20-14-11-17-7-5-6-8-18(17)15-20/h5-15,21H,3-4H2,1-2H3,(H,23,24). The maximum atomic E-state index is 12.5. The van der Waals surface area contributed by atoms with Crippen molar-refractivity contribution >= 4 is 22.4 Å². The fourth-order valence-corrected chi connectivity index (χ4v) is 2.77. The first-order chi connectivity index (χ1) is 12.2. The van der Waals surface area contributed by atoms with Gasteiger partial charge in [-0.05, 0) is 53.4 Å². The van der Waals surface area contributed by atoms with E-state index in [2.05, 4.69) is 18.3 Å². The van der Waals surface area contributed by atoms with Crippen molar-refractivity contribution in [3.63, 3.8) is 0 Å². The number of hydrogen-bond acceptors (Lipinski definition) is 2. The van der Waals surface area contributed by atoms with Gasteiger partial charge in [0, 0.05) is 5.69 Å². The van der Waals surface area contributed by atoms with E-state index >= 15 is 0 Å². The van der Waals surface area contributed by atoms with Crippen molar-refractivity contribution in [2.45, 2.75) is 32.8 Å². The van der Waals surface area contributed by atoms with E-state index in [1.807, 2.05) is 67.6 Å². The summed E-state index contributed by atoms with van der Waals surface area (Å²) in [6.45, 7) is 4.06. The fraction of sp³-hybridized carbons (Fsp3) is 0.227. The highest BCUT2D eigenvalue weighted by atomic mass is 16.5. The number of ether oxygens (including phenoxy) is 1. The van der Waals surface area contributed by atoms with Gasteiger partial charge in [-0.2, -0.15) is 0 Å². The summed E-state index contributed by atoms with van der Waals surface area (Å²) in [6.07, 6.45) is 1.06. The lowest BCUT2D eigenvalue weighted by molar-refractivity contribution is -0.122. The van der Waals surface area contributed by atoms with E-state index in [1.165, 1.54) is 5.56 Å². The summed E-state index contributed by atoms with van der Waals surface area (Å²) in [5.74, 6) is 0.585. The molecule has 3 heteroatoms. The van der Waals surface area contributed by atoms with Crippen molar-refractivity contribution in [1.82, 2.24) is 0 Å². The Labute approximate surface area is 148 Å². The van der Waals surface area contributed by atoms with Gasteiger partial charge >= 0.3 is 0 Å². The molecule has 0 heterocycles. The first-order valence-corrected chi connectivity index (χ1v) is 8.75. The first kappa shape index (κ1) is 17.0. The lowest BCUT2D eigenvalue weighted by atomic mass is 10.1. The molecule has 1 amide bonds. The summed E-state index contributed by atoms with van der Waals surface area (Å²) in [4.78, 5) is 12.5. The second-order valence-electron chi connectivity index (χ2n) is 6.06. The zero-order valence-corrected chi connectivity index (χ0v) is 14.7. The van der Waals surface area contributed by atoms with Gasteiger partial charge in [0.15, 0.2) is 6.10 Å². The number of anilines is 1. The van der Waals surface area contributed by atoms with E-state index in [0.29, 0.717) is 12.2 Å². The molecule has 1 unspecified atom stereocenters. The van der Waals surface area contributed by atoms with Gasteiger partial charge in [-0.25, -0.2) is 0 Å². The molecule has 25 heavy (non-hydrogen) atoms. The molecular weight excluding hydrogens is 310 g/mol. The van der Waals surface area contributed by atoms with Crippen LogP contribution in [0.2, 0.25) is 0 Å². The van der Waals surface area contributed by atoms with E-state index in [0.717, 1.165) is 22.9 Å². The van der Waals surface area contributed by atoms with Crippen LogP contribution in [0.4, 0.5) is 5.69 Å². The number of fused-ring (bicyclic) bond motifs is 1. The first-order valence-electron chi connectivity index (χ1n) is 8.75. The van der Waals surface area contributed by atoms with E-state index in [4.69, 9.17) is 4.74 Å². The maximum Gasteiger partial charge on any atom is 0.265 e. The Morgan fingerprint density at radius 1 is 0.960 bits per heavy atom. The molecule has 0 radical (unpaired) electrons. The lowest BCUT2D eigenvalue weighted by Crippen LogP contribution is -2.32. The van der Waals surface area contributed by atoms with Crippen molar-refractivity contribution in [3.8, 4) is 5.75 Å². The van der Waals surface area contributed by atoms with Crippen LogP contribution in [0.1, 0.15) is 25.8 Å². The zero-order chi connectivity index (χ0) is 17.6. The van der Waals surface area contributed by atoms with Gasteiger partial charge in [0.1, 0.15) is 5.75 Å². The second kappa shape index (κ2) is 7.84. The minimum atomic E-state index is -0.521.